The maximum absolute atomic E-state index is 11.4. The monoisotopic (exact) mass is 232 g/mol. The first-order chi connectivity index (χ1) is 7.52. The molecule has 0 spiro atoms. The predicted octanol–water partition coefficient (Wildman–Crippen LogP) is -0.758. The van der Waals surface area contributed by atoms with E-state index in [0.717, 1.165) is 0 Å². The van der Waals surface area contributed by atoms with Crippen LogP contribution in [0.4, 0.5) is 0 Å². The van der Waals surface area contributed by atoms with E-state index in [1.54, 1.807) is 26.0 Å². The van der Waals surface area contributed by atoms with Gasteiger partial charge in [0.2, 0.25) is 5.91 Å². The first-order valence-corrected chi connectivity index (χ1v) is 5.06. The zero-order valence-electron chi connectivity index (χ0n) is 10.3. The minimum absolute atomic E-state index is 0.143. The lowest BCUT2D eigenvalue weighted by Gasteiger charge is -2.21. The Morgan fingerprint density at radius 3 is 2.50 bits per heavy atom. The summed E-state index contributed by atoms with van der Waals surface area (Å²) in [5.74, 6) is -0.498. The fourth-order valence-electron chi connectivity index (χ4n) is 1.06. The Morgan fingerprint density at radius 2 is 2.00 bits per heavy atom. The number of hydrogen-bond donors (Lipinski definition) is 1. The normalized spacial score (nSPS) is 12.3. The molecule has 0 aliphatic rings. The summed E-state index contributed by atoms with van der Waals surface area (Å²) in [4.78, 5) is 24.2. The summed E-state index contributed by atoms with van der Waals surface area (Å²) in [6.07, 6.45) is 0. The van der Waals surface area contributed by atoms with Crippen LogP contribution in [0.1, 0.15) is 6.92 Å². The van der Waals surface area contributed by atoms with Gasteiger partial charge in [0.1, 0.15) is 6.04 Å². The molecule has 94 valence electrons. The lowest BCUT2D eigenvalue weighted by Crippen LogP contribution is -2.43. The Bertz CT molecular complexity index is 233. The number of amides is 1. The van der Waals surface area contributed by atoms with Gasteiger partial charge in [-0.1, -0.05) is 0 Å². The molecular weight excluding hydrogens is 212 g/mol. The highest BCUT2D eigenvalue weighted by Gasteiger charge is 2.20. The molecular formula is C10H20N2O4. The summed E-state index contributed by atoms with van der Waals surface area (Å²) in [5.41, 5.74) is 0. The Morgan fingerprint density at radius 1 is 1.38 bits per heavy atom. The smallest absolute Gasteiger partial charge is 0.322 e. The average molecular weight is 232 g/mol. The Labute approximate surface area is 95.9 Å². The molecule has 6 heteroatoms. The summed E-state index contributed by atoms with van der Waals surface area (Å²) in [6, 6.07) is -0.432. The van der Waals surface area contributed by atoms with E-state index in [-0.39, 0.29) is 18.4 Å². The number of nitrogens with one attached hydrogen (secondary N) is 1. The topological polar surface area (TPSA) is 67.9 Å². The lowest BCUT2D eigenvalue weighted by molar-refractivity contribution is -0.146. The quantitative estimate of drug-likeness (QED) is 0.462. The fourth-order valence-corrected chi connectivity index (χ4v) is 1.06. The van der Waals surface area contributed by atoms with Crippen LogP contribution in [0.5, 0.6) is 0 Å². The predicted molar refractivity (Wildman–Crippen MR) is 59.0 cm³/mol. The van der Waals surface area contributed by atoms with E-state index in [2.05, 4.69) is 10.1 Å². The van der Waals surface area contributed by atoms with Crippen molar-refractivity contribution >= 4 is 11.9 Å². The van der Waals surface area contributed by atoms with Crippen molar-refractivity contribution in [2.75, 3.05) is 41.0 Å². The maximum atomic E-state index is 11.4. The minimum Gasteiger partial charge on any atom is -0.468 e. The van der Waals surface area contributed by atoms with Gasteiger partial charge in [-0.15, -0.1) is 0 Å². The zero-order chi connectivity index (χ0) is 12.6. The van der Waals surface area contributed by atoms with Crippen LogP contribution in [-0.2, 0) is 19.1 Å². The second kappa shape index (κ2) is 8.06. The van der Waals surface area contributed by atoms with Crippen LogP contribution >= 0.6 is 0 Å². The molecule has 0 fully saturated rings. The van der Waals surface area contributed by atoms with E-state index in [9.17, 15) is 9.59 Å². The molecule has 1 amide bonds. The third kappa shape index (κ3) is 5.67. The fraction of sp³-hybridized carbons (Fsp3) is 0.800. The Kier molecular flexibility index (Phi) is 7.49. The van der Waals surface area contributed by atoms with E-state index in [1.807, 2.05) is 0 Å². The number of carbonyl (C=O) groups excluding carboxylic acids is 2. The molecule has 0 radical (unpaired) electrons. The number of ether oxygens (including phenoxy) is 2. The van der Waals surface area contributed by atoms with Crippen molar-refractivity contribution in [2.24, 2.45) is 0 Å². The van der Waals surface area contributed by atoms with E-state index < -0.39 is 6.04 Å². The molecule has 0 aliphatic heterocycles. The molecule has 0 heterocycles. The molecule has 0 saturated heterocycles. The summed E-state index contributed by atoms with van der Waals surface area (Å²) in [7, 11) is 4.58. The first-order valence-electron chi connectivity index (χ1n) is 5.06. The Balaban J connectivity index is 3.89. The van der Waals surface area contributed by atoms with Crippen molar-refractivity contribution in [2.45, 2.75) is 13.0 Å². The van der Waals surface area contributed by atoms with Crippen molar-refractivity contribution in [3.63, 3.8) is 0 Å². The highest BCUT2D eigenvalue weighted by atomic mass is 16.5. The van der Waals surface area contributed by atoms with Crippen molar-refractivity contribution < 1.29 is 19.1 Å². The molecule has 6 nitrogen and oxygen atoms in total. The third-order valence-corrected chi connectivity index (χ3v) is 2.22. The number of methoxy groups -OCH3 is 2. The molecule has 0 aromatic carbocycles. The van der Waals surface area contributed by atoms with Gasteiger partial charge < -0.3 is 14.8 Å². The Hall–Kier alpha value is -1.14. The van der Waals surface area contributed by atoms with Gasteiger partial charge in [-0.3, -0.25) is 14.5 Å². The van der Waals surface area contributed by atoms with Crippen LogP contribution in [0.2, 0.25) is 0 Å². The van der Waals surface area contributed by atoms with Gasteiger partial charge in [0.05, 0.1) is 20.3 Å². The number of hydrogen-bond acceptors (Lipinski definition) is 5. The van der Waals surface area contributed by atoms with Crippen molar-refractivity contribution in [1.82, 2.24) is 10.2 Å². The molecule has 1 atom stereocenters. The van der Waals surface area contributed by atoms with E-state index >= 15 is 0 Å². The number of nitrogens with zero attached hydrogens (tertiary/aromatic N) is 1. The molecule has 0 aliphatic carbocycles. The largest absolute Gasteiger partial charge is 0.468 e. The highest BCUT2D eigenvalue weighted by Crippen LogP contribution is 1.96. The van der Waals surface area contributed by atoms with Gasteiger partial charge in [0.25, 0.3) is 0 Å². The van der Waals surface area contributed by atoms with E-state index in [0.29, 0.717) is 13.2 Å². The molecule has 0 rings (SSSR count). The third-order valence-electron chi connectivity index (χ3n) is 2.22. The van der Waals surface area contributed by atoms with Crippen LogP contribution in [0, 0.1) is 0 Å². The van der Waals surface area contributed by atoms with Crippen molar-refractivity contribution in [3.05, 3.63) is 0 Å². The molecule has 16 heavy (non-hydrogen) atoms. The maximum Gasteiger partial charge on any atom is 0.322 e. The van der Waals surface area contributed by atoms with Gasteiger partial charge in [0.15, 0.2) is 0 Å². The van der Waals surface area contributed by atoms with Crippen molar-refractivity contribution in [1.29, 1.82) is 0 Å². The number of rotatable bonds is 7. The van der Waals surface area contributed by atoms with Gasteiger partial charge in [0, 0.05) is 13.7 Å². The van der Waals surface area contributed by atoms with Crippen molar-refractivity contribution in [3.8, 4) is 0 Å². The van der Waals surface area contributed by atoms with Crippen LogP contribution < -0.4 is 5.32 Å². The molecule has 0 aromatic rings. The molecule has 1 N–H and O–H groups in total. The average Bonchev–Trinajstić information content (AvgIpc) is 2.27. The summed E-state index contributed by atoms with van der Waals surface area (Å²) < 4.78 is 9.38. The summed E-state index contributed by atoms with van der Waals surface area (Å²) in [6.45, 7) is 2.78. The van der Waals surface area contributed by atoms with E-state index in [1.165, 1.54) is 7.11 Å². The van der Waals surface area contributed by atoms with Crippen LogP contribution in [-0.4, -0.2) is 63.8 Å². The van der Waals surface area contributed by atoms with Crippen LogP contribution in [0.15, 0.2) is 0 Å². The van der Waals surface area contributed by atoms with Crippen LogP contribution in [0.3, 0.4) is 0 Å². The van der Waals surface area contributed by atoms with Gasteiger partial charge in [-0.2, -0.15) is 0 Å². The van der Waals surface area contributed by atoms with Crippen LogP contribution in [0.25, 0.3) is 0 Å². The summed E-state index contributed by atoms with van der Waals surface area (Å²) >= 11 is 0. The summed E-state index contributed by atoms with van der Waals surface area (Å²) in [5, 5.41) is 2.67. The highest BCUT2D eigenvalue weighted by molar-refractivity contribution is 5.80. The minimum atomic E-state index is -0.432. The second-order valence-electron chi connectivity index (χ2n) is 3.46. The zero-order valence-corrected chi connectivity index (χ0v) is 10.3. The SMILES string of the molecule is COCCNC(=O)CN(C)C(C)C(=O)OC. The number of likely N-dealkylation sites (N-methyl/N-ethyl adjacent to an activating group) is 1. The molecule has 0 aromatic heterocycles. The molecule has 1 unspecified atom stereocenters. The number of carbonyl (C=O) groups is 2. The molecule has 0 bridgehead atoms. The van der Waals surface area contributed by atoms with Gasteiger partial charge >= 0.3 is 5.97 Å². The second-order valence-corrected chi connectivity index (χ2v) is 3.46. The van der Waals surface area contributed by atoms with Gasteiger partial charge in [-0.05, 0) is 14.0 Å². The first kappa shape index (κ1) is 14.9. The lowest BCUT2D eigenvalue weighted by atomic mass is 10.3. The van der Waals surface area contributed by atoms with E-state index in [4.69, 9.17) is 4.74 Å². The standard InChI is InChI=1S/C10H20N2O4/c1-8(10(14)16-4)12(2)7-9(13)11-5-6-15-3/h8H,5-7H2,1-4H3,(H,11,13). The molecule has 0 saturated carbocycles. The van der Waals surface area contributed by atoms with Gasteiger partial charge in [-0.25, -0.2) is 0 Å². The number of esters is 1.